The van der Waals surface area contributed by atoms with Crippen molar-refractivity contribution in [1.82, 2.24) is 9.97 Å². The predicted octanol–water partition coefficient (Wildman–Crippen LogP) is 4.19. The first kappa shape index (κ1) is 14.9. The summed E-state index contributed by atoms with van der Waals surface area (Å²) in [6.45, 7) is 4.22. The molecule has 1 aliphatic carbocycles. The third-order valence-corrected chi connectivity index (χ3v) is 5.55. The van der Waals surface area contributed by atoms with Crippen LogP contribution < -0.4 is 5.32 Å². The van der Waals surface area contributed by atoms with Crippen molar-refractivity contribution in [2.75, 3.05) is 5.32 Å². The van der Waals surface area contributed by atoms with Crippen molar-refractivity contribution in [2.24, 2.45) is 5.92 Å². The number of nitrogens with zero attached hydrogens (tertiary/aromatic N) is 2. The fraction of sp³-hybridized carbons (Fsp3) is 0.500. The van der Waals surface area contributed by atoms with E-state index in [0.717, 1.165) is 29.8 Å². The zero-order valence-corrected chi connectivity index (χ0v) is 14.3. The molecule has 7 heteroatoms. The zero-order chi connectivity index (χ0) is 15.0. The molecule has 0 radical (unpaired) electrons. The quantitative estimate of drug-likeness (QED) is 0.907. The van der Waals surface area contributed by atoms with E-state index in [1.807, 2.05) is 0 Å². The minimum Gasteiger partial charge on any atom is -0.296 e. The normalized spacial score (nSPS) is 13.7. The number of anilines is 1. The first-order chi connectivity index (χ1) is 10.0. The number of carbonyl (C=O) groups is 1. The number of amides is 1. The summed E-state index contributed by atoms with van der Waals surface area (Å²) >= 11 is 8.92. The summed E-state index contributed by atoms with van der Waals surface area (Å²) < 4.78 is 0.414. The molecule has 112 valence electrons. The molecule has 21 heavy (non-hydrogen) atoms. The highest BCUT2D eigenvalue weighted by Crippen LogP contribution is 2.31. The van der Waals surface area contributed by atoms with Crippen LogP contribution in [0.15, 0.2) is 0 Å². The highest BCUT2D eigenvalue weighted by atomic mass is 35.5. The second kappa shape index (κ2) is 6.02. The number of aromatic nitrogens is 2. The van der Waals surface area contributed by atoms with Gasteiger partial charge in [-0.15, -0.1) is 22.7 Å². The van der Waals surface area contributed by atoms with Crippen molar-refractivity contribution in [2.45, 2.75) is 39.5 Å². The van der Waals surface area contributed by atoms with Crippen LogP contribution in [0.2, 0.25) is 4.47 Å². The average molecular weight is 342 g/mol. The van der Waals surface area contributed by atoms with Crippen LogP contribution in [0.25, 0.3) is 0 Å². The Labute approximate surface area is 136 Å². The van der Waals surface area contributed by atoms with Crippen LogP contribution in [0.3, 0.4) is 0 Å². The van der Waals surface area contributed by atoms with Crippen molar-refractivity contribution >= 4 is 45.3 Å². The minimum absolute atomic E-state index is 0.207. The summed E-state index contributed by atoms with van der Waals surface area (Å²) in [6, 6.07) is 0. The van der Waals surface area contributed by atoms with E-state index in [9.17, 15) is 4.79 Å². The Kier molecular flexibility index (Phi) is 4.28. The van der Waals surface area contributed by atoms with Crippen LogP contribution >= 0.6 is 34.3 Å². The van der Waals surface area contributed by atoms with Crippen molar-refractivity contribution in [3.8, 4) is 0 Å². The third kappa shape index (κ3) is 3.27. The SMILES string of the molecule is CC(C)Cc1sc(Cl)nc1C(=O)Nc1nc2c(s1)CCC2. The molecule has 1 N–H and O–H groups in total. The molecule has 0 unspecified atom stereocenters. The monoisotopic (exact) mass is 341 g/mol. The zero-order valence-electron chi connectivity index (χ0n) is 11.9. The first-order valence-corrected chi connectivity index (χ1v) is 8.99. The maximum absolute atomic E-state index is 12.4. The fourth-order valence-corrected chi connectivity index (χ4v) is 4.81. The molecule has 3 rings (SSSR count). The molecule has 0 saturated carbocycles. The summed E-state index contributed by atoms with van der Waals surface area (Å²) in [5.41, 5.74) is 1.57. The van der Waals surface area contributed by atoms with E-state index in [0.29, 0.717) is 21.2 Å². The number of rotatable bonds is 4. The smallest absolute Gasteiger partial charge is 0.277 e. The van der Waals surface area contributed by atoms with Gasteiger partial charge in [0.05, 0.1) is 5.69 Å². The molecule has 0 spiro atoms. The second-order valence-corrected chi connectivity index (χ2v) is 8.28. The van der Waals surface area contributed by atoms with E-state index in [1.54, 1.807) is 11.3 Å². The van der Waals surface area contributed by atoms with E-state index < -0.39 is 0 Å². The number of carbonyl (C=O) groups excluding carboxylic acids is 1. The maximum atomic E-state index is 12.4. The Morgan fingerprint density at radius 2 is 2.14 bits per heavy atom. The fourth-order valence-electron chi connectivity index (χ4n) is 2.41. The number of aryl methyl sites for hydroxylation is 2. The maximum Gasteiger partial charge on any atom is 0.277 e. The van der Waals surface area contributed by atoms with Crippen molar-refractivity contribution in [3.05, 3.63) is 25.6 Å². The van der Waals surface area contributed by atoms with Gasteiger partial charge in [-0.1, -0.05) is 25.4 Å². The molecule has 0 fully saturated rings. The van der Waals surface area contributed by atoms with Gasteiger partial charge in [0.25, 0.3) is 5.91 Å². The van der Waals surface area contributed by atoms with Gasteiger partial charge in [-0.3, -0.25) is 10.1 Å². The molecule has 4 nitrogen and oxygen atoms in total. The Bertz CT molecular complexity index is 656. The molecule has 0 aliphatic heterocycles. The molecule has 2 heterocycles. The lowest BCUT2D eigenvalue weighted by Crippen LogP contribution is -2.14. The molecular formula is C14H16ClN3OS2. The van der Waals surface area contributed by atoms with Gasteiger partial charge in [-0.25, -0.2) is 9.97 Å². The Morgan fingerprint density at radius 1 is 1.33 bits per heavy atom. The lowest BCUT2D eigenvalue weighted by Gasteiger charge is -2.04. The van der Waals surface area contributed by atoms with Gasteiger partial charge in [0, 0.05) is 9.75 Å². The van der Waals surface area contributed by atoms with Crippen molar-refractivity contribution in [1.29, 1.82) is 0 Å². The van der Waals surface area contributed by atoms with Crippen LogP contribution in [0.5, 0.6) is 0 Å². The lowest BCUT2D eigenvalue weighted by atomic mass is 10.1. The summed E-state index contributed by atoms with van der Waals surface area (Å²) in [7, 11) is 0. The topological polar surface area (TPSA) is 54.9 Å². The molecule has 0 atom stereocenters. The molecule has 0 aromatic carbocycles. The number of fused-ring (bicyclic) bond motifs is 1. The summed E-state index contributed by atoms with van der Waals surface area (Å²) in [5, 5.41) is 3.54. The van der Waals surface area contributed by atoms with E-state index in [2.05, 4.69) is 29.1 Å². The van der Waals surface area contributed by atoms with Gasteiger partial charge in [-0.05, 0) is 31.6 Å². The van der Waals surface area contributed by atoms with E-state index in [4.69, 9.17) is 11.6 Å². The van der Waals surface area contributed by atoms with Gasteiger partial charge in [0.2, 0.25) is 0 Å². The molecular weight excluding hydrogens is 326 g/mol. The Morgan fingerprint density at radius 3 is 2.86 bits per heavy atom. The Balaban J connectivity index is 1.78. The molecule has 2 aromatic heterocycles. The lowest BCUT2D eigenvalue weighted by molar-refractivity contribution is 0.102. The molecule has 0 bridgehead atoms. The standard InChI is InChI=1S/C14H16ClN3OS2/c1-7(2)6-10-11(17-13(15)20-10)12(19)18-14-16-8-4-3-5-9(8)21-14/h7H,3-6H2,1-2H3,(H,16,18,19). The van der Waals surface area contributed by atoms with Gasteiger partial charge in [0.15, 0.2) is 9.60 Å². The van der Waals surface area contributed by atoms with E-state index in [-0.39, 0.29) is 5.91 Å². The number of halogens is 1. The van der Waals surface area contributed by atoms with Crippen LogP contribution in [0.4, 0.5) is 5.13 Å². The number of thiazole rings is 2. The number of hydrogen-bond donors (Lipinski definition) is 1. The molecule has 2 aromatic rings. The van der Waals surface area contributed by atoms with Gasteiger partial charge < -0.3 is 0 Å². The van der Waals surface area contributed by atoms with E-state index >= 15 is 0 Å². The van der Waals surface area contributed by atoms with Crippen LogP contribution in [-0.2, 0) is 19.3 Å². The van der Waals surface area contributed by atoms with Gasteiger partial charge in [-0.2, -0.15) is 0 Å². The van der Waals surface area contributed by atoms with Crippen molar-refractivity contribution < 1.29 is 4.79 Å². The van der Waals surface area contributed by atoms with Gasteiger partial charge >= 0.3 is 0 Å². The molecule has 0 saturated heterocycles. The van der Waals surface area contributed by atoms with Crippen LogP contribution in [0.1, 0.15) is 46.2 Å². The second-order valence-electron chi connectivity index (χ2n) is 5.53. The highest BCUT2D eigenvalue weighted by Gasteiger charge is 2.22. The summed E-state index contributed by atoms with van der Waals surface area (Å²) in [6.07, 6.45) is 4.07. The summed E-state index contributed by atoms with van der Waals surface area (Å²) in [4.78, 5) is 23.3. The third-order valence-electron chi connectivity index (χ3n) is 3.30. The van der Waals surface area contributed by atoms with Gasteiger partial charge in [0.1, 0.15) is 5.69 Å². The largest absolute Gasteiger partial charge is 0.296 e. The first-order valence-electron chi connectivity index (χ1n) is 6.98. The summed E-state index contributed by atoms with van der Waals surface area (Å²) in [5.74, 6) is 0.248. The number of hydrogen-bond acceptors (Lipinski definition) is 5. The van der Waals surface area contributed by atoms with E-state index in [1.165, 1.54) is 22.6 Å². The van der Waals surface area contributed by atoms with Crippen LogP contribution in [-0.4, -0.2) is 15.9 Å². The van der Waals surface area contributed by atoms with Crippen LogP contribution in [0, 0.1) is 5.92 Å². The molecule has 1 amide bonds. The highest BCUT2D eigenvalue weighted by molar-refractivity contribution is 7.16. The van der Waals surface area contributed by atoms with Crippen molar-refractivity contribution in [3.63, 3.8) is 0 Å². The predicted molar refractivity (Wildman–Crippen MR) is 87.8 cm³/mol. The Hall–Kier alpha value is -0.980. The molecule has 1 aliphatic rings. The number of nitrogens with one attached hydrogen (secondary N) is 1. The average Bonchev–Trinajstić information content (AvgIpc) is 3.03. The minimum atomic E-state index is -0.207.